The van der Waals surface area contributed by atoms with Gasteiger partial charge in [0.05, 0.1) is 0 Å². The minimum Gasteiger partial charge on any atom is -0.349 e. The van der Waals surface area contributed by atoms with Gasteiger partial charge in [-0.2, -0.15) is 0 Å². The second-order valence-corrected chi connectivity index (χ2v) is 4.48. The van der Waals surface area contributed by atoms with Gasteiger partial charge in [-0.3, -0.25) is 4.99 Å². The Morgan fingerprint density at radius 2 is 1.88 bits per heavy atom. The van der Waals surface area contributed by atoms with E-state index in [1.807, 2.05) is 28.2 Å². The Balaban J connectivity index is 0.00000225. The fourth-order valence-corrected chi connectivity index (χ4v) is 1.95. The molecule has 0 bridgehead atoms. The van der Waals surface area contributed by atoms with Crippen molar-refractivity contribution in [1.29, 1.82) is 0 Å². The van der Waals surface area contributed by atoms with Gasteiger partial charge in [0.1, 0.15) is 0 Å². The lowest BCUT2D eigenvalue weighted by atomic mass is 10.2. The van der Waals surface area contributed by atoms with E-state index in [1.165, 1.54) is 19.3 Å². The van der Waals surface area contributed by atoms with E-state index in [0.717, 1.165) is 18.9 Å². The monoisotopic (exact) mass is 337 g/mol. The Bertz CT molecular complexity index is 247. The number of hydrogen-bond acceptors (Lipinski definition) is 1. The standard InChI is InChI=1S/C12H23N3.HI/c1-14(2)12(15(3)4)13-10-9-11-7-5-6-8-11;/h7H,5-6,8-10H2,1-4H3;1H. The zero-order chi connectivity index (χ0) is 11.3. The molecule has 0 atom stereocenters. The molecule has 0 saturated carbocycles. The van der Waals surface area contributed by atoms with Crippen LogP contribution in [-0.2, 0) is 0 Å². The van der Waals surface area contributed by atoms with E-state index in [0.29, 0.717) is 0 Å². The normalized spacial score (nSPS) is 13.9. The number of guanidine groups is 1. The maximum Gasteiger partial charge on any atom is 0.195 e. The largest absolute Gasteiger partial charge is 0.349 e. The van der Waals surface area contributed by atoms with Crippen LogP contribution in [0.3, 0.4) is 0 Å². The molecule has 1 rings (SSSR count). The van der Waals surface area contributed by atoms with E-state index in [2.05, 4.69) is 20.9 Å². The summed E-state index contributed by atoms with van der Waals surface area (Å²) in [5.41, 5.74) is 1.59. The minimum atomic E-state index is 0. The molecule has 1 aliphatic carbocycles. The highest BCUT2D eigenvalue weighted by atomic mass is 127. The van der Waals surface area contributed by atoms with Gasteiger partial charge in [-0.1, -0.05) is 11.6 Å². The topological polar surface area (TPSA) is 18.8 Å². The Labute approximate surface area is 117 Å². The van der Waals surface area contributed by atoms with Crippen LogP contribution in [0.5, 0.6) is 0 Å². The van der Waals surface area contributed by atoms with Crippen LogP contribution in [0.1, 0.15) is 25.7 Å². The zero-order valence-electron chi connectivity index (χ0n) is 10.9. The summed E-state index contributed by atoms with van der Waals surface area (Å²) >= 11 is 0. The molecule has 0 aromatic heterocycles. The number of hydrogen-bond donors (Lipinski definition) is 0. The molecule has 0 N–H and O–H groups in total. The van der Waals surface area contributed by atoms with Gasteiger partial charge in [-0.15, -0.1) is 24.0 Å². The predicted octanol–water partition coefficient (Wildman–Crippen LogP) is 2.58. The molecule has 0 unspecified atom stereocenters. The maximum absolute atomic E-state index is 4.61. The Morgan fingerprint density at radius 1 is 1.25 bits per heavy atom. The van der Waals surface area contributed by atoms with Crippen molar-refractivity contribution in [3.63, 3.8) is 0 Å². The summed E-state index contributed by atoms with van der Waals surface area (Å²) in [4.78, 5) is 8.73. The third kappa shape index (κ3) is 5.18. The van der Waals surface area contributed by atoms with Gasteiger partial charge in [0.15, 0.2) is 5.96 Å². The average Bonchev–Trinajstić information content (AvgIpc) is 2.63. The van der Waals surface area contributed by atoms with E-state index >= 15 is 0 Å². The molecule has 16 heavy (non-hydrogen) atoms. The van der Waals surface area contributed by atoms with E-state index in [9.17, 15) is 0 Å². The first-order chi connectivity index (χ1) is 7.11. The van der Waals surface area contributed by atoms with Gasteiger partial charge in [0.25, 0.3) is 0 Å². The number of nitrogens with zero attached hydrogens (tertiary/aromatic N) is 3. The third-order valence-corrected chi connectivity index (χ3v) is 2.62. The van der Waals surface area contributed by atoms with Crippen LogP contribution < -0.4 is 0 Å². The van der Waals surface area contributed by atoms with Crippen LogP contribution in [0, 0.1) is 0 Å². The van der Waals surface area contributed by atoms with Gasteiger partial charge in [-0.25, -0.2) is 0 Å². The molecule has 4 heteroatoms. The van der Waals surface area contributed by atoms with Crippen LogP contribution >= 0.6 is 24.0 Å². The van der Waals surface area contributed by atoms with Crippen LogP contribution in [0.2, 0.25) is 0 Å². The first-order valence-electron chi connectivity index (χ1n) is 5.68. The predicted molar refractivity (Wildman–Crippen MR) is 81.6 cm³/mol. The second kappa shape index (κ2) is 7.92. The lowest BCUT2D eigenvalue weighted by Gasteiger charge is -2.22. The number of rotatable bonds is 3. The fraction of sp³-hybridized carbons (Fsp3) is 0.750. The van der Waals surface area contributed by atoms with Crippen molar-refractivity contribution in [2.45, 2.75) is 25.7 Å². The molecule has 0 fully saturated rings. The Morgan fingerprint density at radius 3 is 2.31 bits per heavy atom. The summed E-state index contributed by atoms with van der Waals surface area (Å²) < 4.78 is 0. The van der Waals surface area contributed by atoms with Gasteiger partial charge in [0, 0.05) is 34.7 Å². The van der Waals surface area contributed by atoms with Crippen molar-refractivity contribution in [1.82, 2.24) is 9.80 Å². The SMILES string of the molecule is CN(C)C(=NCCC1=CCCC1)N(C)C.I. The molecule has 3 nitrogen and oxygen atoms in total. The molecule has 1 aliphatic rings. The van der Waals surface area contributed by atoms with E-state index in [4.69, 9.17) is 0 Å². The van der Waals surface area contributed by atoms with Crippen molar-refractivity contribution < 1.29 is 0 Å². The van der Waals surface area contributed by atoms with Crippen molar-refractivity contribution >= 4 is 29.9 Å². The smallest absolute Gasteiger partial charge is 0.195 e. The van der Waals surface area contributed by atoms with Crippen molar-refractivity contribution in [3.8, 4) is 0 Å². The Kier molecular flexibility index (Phi) is 7.80. The molecule has 94 valence electrons. The van der Waals surface area contributed by atoms with E-state index in [-0.39, 0.29) is 24.0 Å². The molecule has 0 saturated heterocycles. The molecule has 0 heterocycles. The molecule has 0 aromatic carbocycles. The third-order valence-electron chi connectivity index (χ3n) is 2.62. The minimum absolute atomic E-state index is 0. The van der Waals surface area contributed by atoms with Crippen molar-refractivity contribution in [3.05, 3.63) is 11.6 Å². The van der Waals surface area contributed by atoms with Gasteiger partial charge >= 0.3 is 0 Å². The highest BCUT2D eigenvalue weighted by molar-refractivity contribution is 14.0. The summed E-state index contributed by atoms with van der Waals surface area (Å²) in [6.07, 6.45) is 7.40. The summed E-state index contributed by atoms with van der Waals surface area (Å²) in [7, 11) is 8.14. The molecular formula is C12H24IN3. The Hall–Kier alpha value is -0.260. The lowest BCUT2D eigenvalue weighted by Crippen LogP contribution is -2.35. The highest BCUT2D eigenvalue weighted by Gasteiger charge is 2.06. The molecule has 0 aliphatic heterocycles. The summed E-state index contributed by atoms with van der Waals surface area (Å²) in [5.74, 6) is 1.05. The second-order valence-electron chi connectivity index (χ2n) is 4.48. The van der Waals surface area contributed by atoms with Crippen molar-refractivity contribution in [2.24, 2.45) is 4.99 Å². The first kappa shape index (κ1) is 15.7. The van der Waals surface area contributed by atoms with Gasteiger partial charge in [0.2, 0.25) is 0 Å². The van der Waals surface area contributed by atoms with Gasteiger partial charge in [-0.05, 0) is 25.7 Å². The highest BCUT2D eigenvalue weighted by Crippen LogP contribution is 2.20. The van der Waals surface area contributed by atoms with E-state index in [1.54, 1.807) is 5.57 Å². The van der Waals surface area contributed by atoms with Crippen LogP contribution in [-0.4, -0.2) is 50.5 Å². The summed E-state index contributed by atoms with van der Waals surface area (Å²) in [6, 6.07) is 0. The number of allylic oxidation sites excluding steroid dienone is 1. The fourth-order valence-electron chi connectivity index (χ4n) is 1.95. The first-order valence-corrected chi connectivity index (χ1v) is 5.68. The van der Waals surface area contributed by atoms with Gasteiger partial charge < -0.3 is 9.80 Å². The lowest BCUT2D eigenvalue weighted by molar-refractivity contribution is 0.479. The molecule has 0 spiro atoms. The summed E-state index contributed by atoms with van der Waals surface area (Å²) in [5, 5.41) is 0. The quantitative estimate of drug-likeness (QED) is 0.341. The van der Waals surface area contributed by atoms with Crippen molar-refractivity contribution in [2.75, 3.05) is 34.7 Å². The average molecular weight is 337 g/mol. The number of aliphatic imine (C=N–C) groups is 1. The molecule has 0 amide bonds. The summed E-state index contributed by atoms with van der Waals surface area (Å²) in [6.45, 7) is 0.914. The van der Waals surface area contributed by atoms with E-state index < -0.39 is 0 Å². The maximum atomic E-state index is 4.61. The van der Waals surface area contributed by atoms with Crippen LogP contribution in [0.4, 0.5) is 0 Å². The molecular weight excluding hydrogens is 313 g/mol. The molecule has 0 radical (unpaired) electrons. The number of halogens is 1. The zero-order valence-corrected chi connectivity index (χ0v) is 13.2. The van der Waals surface area contributed by atoms with Crippen LogP contribution in [0.25, 0.3) is 0 Å². The molecule has 0 aromatic rings. The van der Waals surface area contributed by atoms with Crippen LogP contribution in [0.15, 0.2) is 16.6 Å².